The molecule has 2 atom stereocenters. The van der Waals surface area contributed by atoms with Crippen molar-refractivity contribution in [1.82, 2.24) is 9.97 Å². The third kappa shape index (κ3) is 5.36. The number of carbonyl (C=O) groups excluding carboxylic acids is 1. The van der Waals surface area contributed by atoms with Crippen LogP contribution in [-0.2, 0) is 28.4 Å². The quantitative estimate of drug-likeness (QED) is 0.227. The maximum atomic E-state index is 13.8. The minimum Gasteiger partial charge on any atom is -0.465 e. The molecule has 0 radical (unpaired) electrons. The molecule has 3 fully saturated rings. The number of esters is 1. The molecule has 2 aliphatic heterocycles. The number of rotatable bonds is 7. The number of alkyl halides is 6. The molecule has 12 heteroatoms. The number of nitrogens with one attached hydrogen (secondary N) is 1. The Bertz CT molecular complexity index is 1470. The van der Waals surface area contributed by atoms with Crippen LogP contribution in [0.25, 0.3) is 11.1 Å². The summed E-state index contributed by atoms with van der Waals surface area (Å²) in [5.74, 6) is -0.701. The van der Waals surface area contributed by atoms with Gasteiger partial charge < -0.3 is 19.4 Å². The first kappa shape index (κ1) is 28.6. The zero-order valence-corrected chi connectivity index (χ0v) is 22.7. The lowest BCUT2D eigenvalue weighted by Crippen LogP contribution is -2.46. The summed E-state index contributed by atoms with van der Waals surface area (Å²) in [6.07, 6.45) is -2.47. The zero-order chi connectivity index (χ0) is 29.8. The van der Waals surface area contributed by atoms with Crippen molar-refractivity contribution in [2.45, 2.75) is 81.6 Å². The Kier molecular flexibility index (Phi) is 7.23. The summed E-state index contributed by atoms with van der Waals surface area (Å²) in [6.45, 7) is 0.130. The summed E-state index contributed by atoms with van der Waals surface area (Å²) in [7, 11) is 1.01. The van der Waals surface area contributed by atoms with Gasteiger partial charge in [-0.2, -0.15) is 26.3 Å². The Morgan fingerprint density at radius 1 is 0.976 bits per heavy atom. The van der Waals surface area contributed by atoms with Crippen LogP contribution in [-0.4, -0.2) is 41.2 Å². The number of hydrogen-bond donors (Lipinski definition) is 1. The lowest BCUT2D eigenvalue weighted by atomic mass is 9.96. The fraction of sp³-hybridized carbons (Fsp3) is 0.467. The number of pyridine rings is 1. The van der Waals surface area contributed by atoms with E-state index in [9.17, 15) is 31.1 Å². The molecule has 2 unspecified atom stereocenters. The van der Waals surface area contributed by atoms with Gasteiger partial charge in [0.15, 0.2) is 0 Å². The van der Waals surface area contributed by atoms with Crippen LogP contribution in [0.5, 0.6) is 0 Å². The number of anilines is 1. The highest BCUT2D eigenvalue weighted by Crippen LogP contribution is 2.47. The number of nitrogens with zero attached hydrogens (tertiary/aromatic N) is 2. The summed E-state index contributed by atoms with van der Waals surface area (Å²) in [5, 5.41) is 0. The number of aromatic amines is 1. The van der Waals surface area contributed by atoms with Gasteiger partial charge in [-0.05, 0) is 62.1 Å². The highest BCUT2D eigenvalue weighted by molar-refractivity contribution is 5.91. The van der Waals surface area contributed by atoms with E-state index in [1.54, 1.807) is 12.3 Å². The summed E-state index contributed by atoms with van der Waals surface area (Å²) in [6, 6.07) is 6.17. The van der Waals surface area contributed by atoms with Gasteiger partial charge in [-0.3, -0.25) is 0 Å². The third-order valence-electron chi connectivity index (χ3n) is 8.55. The Labute approximate surface area is 238 Å². The van der Waals surface area contributed by atoms with Crippen molar-refractivity contribution in [3.05, 3.63) is 70.7 Å². The Morgan fingerprint density at radius 2 is 1.64 bits per heavy atom. The standard InChI is InChI=1S/C30H29F6N3O3/c1-41-28(40)22-14-37-26(12-25(22)30(34,35)36)39-17-8-9-18(39)11-19(10-17)42-15-23-21(13-38-27(23)16-6-7-16)20-4-2-3-5-24(20)29(31,32)33/h2-5,12-14,16-19,38H,6-11,15H2,1H3. The first-order valence-corrected chi connectivity index (χ1v) is 13.9. The van der Waals surface area contributed by atoms with Crippen LogP contribution in [0.4, 0.5) is 32.2 Å². The number of methoxy groups -OCH3 is 1. The molecule has 4 heterocycles. The molecule has 0 spiro atoms. The van der Waals surface area contributed by atoms with Crippen LogP contribution < -0.4 is 4.90 Å². The Hall–Kier alpha value is -3.54. The molecule has 2 bridgehead atoms. The molecule has 224 valence electrons. The van der Waals surface area contributed by atoms with E-state index in [1.165, 1.54) is 12.1 Å². The average molecular weight is 594 g/mol. The fourth-order valence-corrected chi connectivity index (χ4v) is 6.50. The van der Waals surface area contributed by atoms with Gasteiger partial charge >= 0.3 is 18.3 Å². The molecule has 2 saturated heterocycles. The SMILES string of the molecule is COC(=O)c1cnc(N2C3CCC2CC(OCc2c(-c4ccccc4C(F)(F)F)c[nH]c2C2CC2)C3)cc1C(F)(F)F. The Balaban J connectivity index is 1.22. The number of halogens is 6. The van der Waals surface area contributed by atoms with Crippen LogP contribution >= 0.6 is 0 Å². The molecular formula is C30H29F6N3O3. The normalized spacial score (nSPS) is 22.5. The van der Waals surface area contributed by atoms with Crippen molar-refractivity contribution in [2.75, 3.05) is 12.0 Å². The second-order valence-electron chi connectivity index (χ2n) is 11.2. The van der Waals surface area contributed by atoms with Gasteiger partial charge in [-0.1, -0.05) is 18.2 Å². The largest absolute Gasteiger partial charge is 0.465 e. The first-order chi connectivity index (χ1) is 20.0. The van der Waals surface area contributed by atoms with E-state index in [4.69, 9.17) is 4.74 Å². The van der Waals surface area contributed by atoms with Crippen molar-refractivity contribution in [3.8, 4) is 11.1 Å². The molecule has 2 aromatic heterocycles. The second kappa shape index (κ2) is 10.6. The fourth-order valence-electron chi connectivity index (χ4n) is 6.50. The molecular weight excluding hydrogens is 564 g/mol. The number of piperidine rings is 1. The van der Waals surface area contributed by atoms with E-state index in [0.29, 0.717) is 18.4 Å². The number of fused-ring (bicyclic) bond motifs is 2. The van der Waals surface area contributed by atoms with E-state index < -0.39 is 35.0 Å². The maximum Gasteiger partial charge on any atom is 0.417 e. The average Bonchev–Trinajstić information content (AvgIpc) is 3.65. The minimum atomic E-state index is -4.76. The molecule has 3 aromatic rings. The predicted molar refractivity (Wildman–Crippen MR) is 141 cm³/mol. The van der Waals surface area contributed by atoms with Gasteiger partial charge in [-0.15, -0.1) is 0 Å². The topological polar surface area (TPSA) is 67.4 Å². The van der Waals surface area contributed by atoms with Crippen molar-refractivity contribution >= 4 is 11.8 Å². The second-order valence-corrected chi connectivity index (χ2v) is 11.2. The zero-order valence-electron chi connectivity index (χ0n) is 22.7. The lowest BCUT2D eigenvalue weighted by molar-refractivity contribution is -0.138. The lowest BCUT2D eigenvalue weighted by Gasteiger charge is -2.40. The van der Waals surface area contributed by atoms with Crippen molar-refractivity contribution < 1.29 is 40.6 Å². The van der Waals surface area contributed by atoms with Crippen LogP contribution in [0.3, 0.4) is 0 Å². The number of ether oxygens (including phenoxy) is 2. The molecule has 0 amide bonds. The highest BCUT2D eigenvalue weighted by atomic mass is 19.4. The number of carbonyl (C=O) groups is 1. The van der Waals surface area contributed by atoms with E-state index in [0.717, 1.165) is 62.4 Å². The minimum absolute atomic E-state index is 0.101. The number of hydrogen-bond acceptors (Lipinski definition) is 5. The number of H-pyrrole nitrogens is 1. The van der Waals surface area contributed by atoms with Crippen LogP contribution in [0.2, 0.25) is 0 Å². The van der Waals surface area contributed by atoms with Gasteiger partial charge in [0.2, 0.25) is 0 Å². The summed E-state index contributed by atoms with van der Waals surface area (Å²) < 4.78 is 93.7. The molecule has 6 rings (SSSR count). The molecule has 1 saturated carbocycles. The molecule has 1 aliphatic carbocycles. The van der Waals surface area contributed by atoms with Crippen molar-refractivity contribution in [1.29, 1.82) is 0 Å². The number of benzene rings is 1. The molecule has 3 aliphatic rings. The summed E-state index contributed by atoms with van der Waals surface area (Å²) >= 11 is 0. The monoisotopic (exact) mass is 593 g/mol. The van der Waals surface area contributed by atoms with E-state index in [2.05, 4.69) is 14.7 Å². The summed E-state index contributed by atoms with van der Waals surface area (Å²) in [4.78, 5) is 21.2. The van der Waals surface area contributed by atoms with E-state index >= 15 is 0 Å². The van der Waals surface area contributed by atoms with Crippen LogP contribution in [0, 0.1) is 0 Å². The maximum absolute atomic E-state index is 13.8. The molecule has 42 heavy (non-hydrogen) atoms. The third-order valence-corrected chi connectivity index (χ3v) is 8.55. The van der Waals surface area contributed by atoms with Crippen molar-refractivity contribution in [2.24, 2.45) is 0 Å². The van der Waals surface area contributed by atoms with Crippen LogP contribution in [0.1, 0.15) is 77.2 Å². The first-order valence-electron chi connectivity index (χ1n) is 13.9. The van der Waals surface area contributed by atoms with Gasteiger partial charge in [0.05, 0.1) is 36.5 Å². The van der Waals surface area contributed by atoms with E-state index in [-0.39, 0.29) is 42.1 Å². The van der Waals surface area contributed by atoms with E-state index in [1.807, 2.05) is 4.90 Å². The molecule has 6 nitrogen and oxygen atoms in total. The van der Waals surface area contributed by atoms with Gasteiger partial charge in [0, 0.05) is 41.3 Å². The number of aromatic nitrogens is 2. The highest BCUT2D eigenvalue weighted by Gasteiger charge is 2.44. The van der Waals surface area contributed by atoms with Crippen LogP contribution in [0.15, 0.2) is 42.7 Å². The van der Waals surface area contributed by atoms with Gasteiger partial charge in [0.25, 0.3) is 0 Å². The predicted octanol–water partition coefficient (Wildman–Crippen LogP) is 7.49. The smallest absolute Gasteiger partial charge is 0.417 e. The Morgan fingerprint density at radius 3 is 2.26 bits per heavy atom. The summed E-state index contributed by atoms with van der Waals surface area (Å²) in [5.41, 5.74) is -0.244. The molecule has 1 aromatic carbocycles. The van der Waals surface area contributed by atoms with Gasteiger partial charge in [0.1, 0.15) is 5.82 Å². The van der Waals surface area contributed by atoms with Crippen molar-refractivity contribution in [3.63, 3.8) is 0 Å². The van der Waals surface area contributed by atoms with Gasteiger partial charge in [-0.25, -0.2) is 9.78 Å². The molecule has 1 N–H and O–H groups in total.